The molecule has 0 saturated carbocycles. The Bertz CT molecular complexity index is 466. The molecule has 2 heterocycles. The minimum Gasteiger partial charge on any atom is -0.399 e. The summed E-state index contributed by atoms with van der Waals surface area (Å²) in [5, 5.41) is 0. The number of hydrogen-bond donors (Lipinski definition) is 0. The number of aryl methyl sites for hydroxylation is 1. The van der Waals surface area contributed by atoms with Gasteiger partial charge in [0.1, 0.15) is 0 Å². The van der Waals surface area contributed by atoms with Crippen LogP contribution in [0, 0.1) is 6.92 Å². The molecule has 0 aliphatic carbocycles. The summed E-state index contributed by atoms with van der Waals surface area (Å²) in [4.78, 5) is 4.45. The summed E-state index contributed by atoms with van der Waals surface area (Å²) in [6, 6.07) is 5.86. The smallest absolute Gasteiger partial charge is 0.399 e. The van der Waals surface area contributed by atoms with Gasteiger partial charge in [-0.3, -0.25) is 4.98 Å². The molecule has 1 aliphatic heterocycles. The normalized spacial score (nSPS) is 21.1. The van der Waals surface area contributed by atoms with Crippen LogP contribution in [0.4, 0.5) is 0 Å². The van der Waals surface area contributed by atoms with E-state index < -0.39 is 7.12 Å². The predicted octanol–water partition coefficient (Wildman–Crippen LogP) is 3.03. The van der Waals surface area contributed by atoms with E-state index in [1.54, 1.807) is 0 Å². The van der Waals surface area contributed by atoms with Gasteiger partial charge in [-0.25, -0.2) is 0 Å². The van der Waals surface area contributed by atoms with Crippen molar-refractivity contribution in [1.29, 1.82) is 0 Å². The molecule has 1 aromatic rings. The zero-order valence-electron chi connectivity index (χ0n) is 11.8. The van der Waals surface area contributed by atoms with Gasteiger partial charge in [-0.1, -0.05) is 12.6 Å². The topological polar surface area (TPSA) is 31.4 Å². The van der Waals surface area contributed by atoms with Crippen LogP contribution < -0.4 is 0 Å². The van der Waals surface area contributed by atoms with Crippen LogP contribution in [-0.2, 0) is 9.31 Å². The lowest BCUT2D eigenvalue weighted by Crippen LogP contribution is -2.41. The fourth-order valence-corrected chi connectivity index (χ4v) is 1.83. The van der Waals surface area contributed by atoms with E-state index in [-0.39, 0.29) is 11.2 Å². The van der Waals surface area contributed by atoms with Crippen LogP contribution >= 0.6 is 0 Å². The van der Waals surface area contributed by atoms with Gasteiger partial charge in [-0.05, 0) is 46.8 Å². The molecular weight excluding hydrogens is 225 g/mol. The highest BCUT2D eigenvalue weighted by Gasteiger charge is 2.52. The van der Waals surface area contributed by atoms with Crippen LogP contribution in [0.1, 0.15) is 39.1 Å². The molecule has 18 heavy (non-hydrogen) atoms. The molecule has 1 saturated heterocycles. The van der Waals surface area contributed by atoms with Gasteiger partial charge >= 0.3 is 7.12 Å². The molecule has 0 amide bonds. The molecule has 4 heteroatoms. The Hall–Kier alpha value is -1.13. The number of aromatic nitrogens is 1. The first-order valence-corrected chi connectivity index (χ1v) is 6.21. The zero-order valence-corrected chi connectivity index (χ0v) is 11.8. The van der Waals surface area contributed by atoms with Crippen LogP contribution in [0.2, 0.25) is 0 Å². The summed E-state index contributed by atoms with van der Waals surface area (Å²) in [5.41, 5.74) is 1.88. The summed E-state index contributed by atoms with van der Waals surface area (Å²) < 4.78 is 11.9. The minimum absolute atomic E-state index is 0.343. The minimum atomic E-state index is -0.427. The summed E-state index contributed by atoms with van der Waals surface area (Å²) in [7, 11) is -0.427. The molecule has 0 radical (unpaired) electrons. The average molecular weight is 245 g/mol. The predicted molar refractivity (Wildman–Crippen MR) is 74.1 cm³/mol. The standard InChI is InChI=1S/C14H20BNO2/c1-10-8-7-9-12(16-10)11(2)15-17-13(3,4)14(5,6)18-15/h7-9H,2H2,1,3-6H3. The summed E-state index contributed by atoms with van der Waals surface area (Å²) in [6.07, 6.45) is 0. The third-order valence-electron chi connectivity index (χ3n) is 3.76. The Balaban J connectivity index is 2.23. The van der Waals surface area contributed by atoms with Crippen LogP contribution in [0.3, 0.4) is 0 Å². The molecule has 0 N–H and O–H groups in total. The summed E-state index contributed by atoms with van der Waals surface area (Å²) in [5.74, 6) is 0. The van der Waals surface area contributed by atoms with E-state index in [0.29, 0.717) is 0 Å². The van der Waals surface area contributed by atoms with Gasteiger partial charge in [0.2, 0.25) is 0 Å². The van der Waals surface area contributed by atoms with Crippen molar-refractivity contribution >= 4 is 12.6 Å². The molecule has 96 valence electrons. The van der Waals surface area contributed by atoms with Crippen LogP contribution in [-0.4, -0.2) is 23.3 Å². The van der Waals surface area contributed by atoms with Gasteiger partial charge in [0.25, 0.3) is 0 Å². The van der Waals surface area contributed by atoms with Gasteiger partial charge in [0, 0.05) is 11.2 Å². The highest BCUT2D eigenvalue weighted by Crippen LogP contribution is 2.39. The van der Waals surface area contributed by atoms with E-state index in [0.717, 1.165) is 16.9 Å². The zero-order chi connectivity index (χ0) is 13.6. The van der Waals surface area contributed by atoms with E-state index in [9.17, 15) is 0 Å². The summed E-state index contributed by atoms with van der Waals surface area (Å²) in [6.45, 7) is 14.2. The van der Waals surface area contributed by atoms with E-state index in [1.165, 1.54) is 0 Å². The van der Waals surface area contributed by atoms with Crippen molar-refractivity contribution in [2.75, 3.05) is 0 Å². The molecule has 2 rings (SSSR count). The molecule has 1 aromatic heterocycles. The fraction of sp³-hybridized carbons (Fsp3) is 0.500. The monoisotopic (exact) mass is 245 g/mol. The first-order chi connectivity index (χ1) is 8.23. The molecule has 1 fully saturated rings. The number of nitrogens with zero attached hydrogens (tertiary/aromatic N) is 1. The average Bonchev–Trinajstić information content (AvgIpc) is 2.47. The second-order valence-corrected chi connectivity index (χ2v) is 5.78. The molecule has 3 nitrogen and oxygen atoms in total. The highest BCUT2D eigenvalue weighted by atomic mass is 16.7. The Morgan fingerprint density at radius 2 is 1.72 bits per heavy atom. The number of hydrogen-bond acceptors (Lipinski definition) is 3. The van der Waals surface area contributed by atoms with Crippen molar-refractivity contribution in [1.82, 2.24) is 4.98 Å². The Labute approximate surface area is 109 Å². The SMILES string of the molecule is C=C(B1OC(C)(C)C(C)(C)O1)c1cccc(C)n1. The first-order valence-electron chi connectivity index (χ1n) is 6.21. The van der Waals surface area contributed by atoms with Gasteiger partial charge in [0.15, 0.2) is 0 Å². The quantitative estimate of drug-likeness (QED) is 0.750. The summed E-state index contributed by atoms with van der Waals surface area (Å²) >= 11 is 0. The molecule has 0 spiro atoms. The molecule has 0 aromatic carbocycles. The van der Waals surface area contributed by atoms with Gasteiger partial charge in [-0.15, -0.1) is 0 Å². The van der Waals surface area contributed by atoms with E-state index in [2.05, 4.69) is 11.6 Å². The van der Waals surface area contributed by atoms with Crippen molar-refractivity contribution in [3.05, 3.63) is 36.2 Å². The van der Waals surface area contributed by atoms with Crippen LogP contribution in [0.5, 0.6) is 0 Å². The maximum Gasteiger partial charge on any atom is 0.496 e. The third-order valence-corrected chi connectivity index (χ3v) is 3.76. The van der Waals surface area contributed by atoms with Crippen molar-refractivity contribution < 1.29 is 9.31 Å². The number of rotatable bonds is 2. The molecular formula is C14H20BNO2. The maximum atomic E-state index is 5.96. The van der Waals surface area contributed by atoms with Crippen molar-refractivity contribution in [3.63, 3.8) is 0 Å². The number of pyridine rings is 1. The lowest BCUT2D eigenvalue weighted by molar-refractivity contribution is 0.00578. The second kappa shape index (κ2) is 4.21. The van der Waals surface area contributed by atoms with E-state index in [1.807, 2.05) is 52.8 Å². The van der Waals surface area contributed by atoms with Crippen molar-refractivity contribution in [3.8, 4) is 0 Å². The van der Waals surface area contributed by atoms with E-state index in [4.69, 9.17) is 9.31 Å². The first kappa shape index (κ1) is 13.3. The van der Waals surface area contributed by atoms with Gasteiger partial charge in [0.05, 0.1) is 16.9 Å². The fourth-order valence-electron chi connectivity index (χ4n) is 1.83. The molecule has 0 bridgehead atoms. The molecule has 1 aliphatic rings. The van der Waals surface area contributed by atoms with Crippen LogP contribution in [0.25, 0.3) is 5.47 Å². The highest BCUT2D eigenvalue weighted by molar-refractivity contribution is 6.68. The van der Waals surface area contributed by atoms with Crippen LogP contribution in [0.15, 0.2) is 24.8 Å². The Morgan fingerprint density at radius 1 is 1.17 bits per heavy atom. The Morgan fingerprint density at radius 3 is 2.22 bits per heavy atom. The lowest BCUT2D eigenvalue weighted by Gasteiger charge is -2.32. The Kier molecular flexibility index (Phi) is 3.12. The molecule has 0 unspecified atom stereocenters. The van der Waals surface area contributed by atoms with E-state index >= 15 is 0 Å². The van der Waals surface area contributed by atoms with Crippen molar-refractivity contribution in [2.45, 2.75) is 45.8 Å². The largest absolute Gasteiger partial charge is 0.496 e. The molecule has 0 atom stereocenters. The van der Waals surface area contributed by atoms with Gasteiger partial charge in [-0.2, -0.15) is 0 Å². The second-order valence-electron chi connectivity index (χ2n) is 5.78. The lowest BCUT2D eigenvalue weighted by atomic mass is 9.77. The van der Waals surface area contributed by atoms with Gasteiger partial charge < -0.3 is 9.31 Å². The van der Waals surface area contributed by atoms with Crippen molar-refractivity contribution in [2.24, 2.45) is 0 Å². The third kappa shape index (κ3) is 2.23. The maximum absolute atomic E-state index is 5.96.